The Labute approximate surface area is 106 Å². The number of rotatable bonds is 4. The highest BCUT2D eigenvalue weighted by Crippen LogP contribution is 2.47. The predicted molar refractivity (Wildman–Crippen MR) is 71.0 cm³/mol. The van der Waals surface area contributed by atoms with Crippen LogP contribution in [0.2, 0.25) is 0 Å². The molecule has 0 bridgehead atoms. The van der Waals surface area contributed by atoms with Gasteiger partial charge in [-0.1, -0.05) is 40.5 Å². The van der Waals surface area contributed by atoms with E-state index in [2.05, 4.69) is 27.7 Å². The van der Waals surface area contributed by atoms with E-state index in [0.29, 0.717) is 11.3 Å². The average Bonchev–Trinajstić information content (AvgIpc) is 2.25. The Morgan fingerprint density at radius 1 is 1.29 bits per heavy atom. The minimum Gasteiger partial charge on any atom is -0.481 e. The van der Waals surface area contributed by atoms with Crippen LogP contribution in [0.25, 0.3) is 0 Å². The molecule has 1 saturated carbocycles. The summed E-state index contributed by atoms with van der Waals surface area (Å²) in [4.78, 5) is 11.5. The summed E-state index contributed by atoms with van der Waals surface area (Å²) in [5, 5.41) is 9.50. The number of carbonyl (C=O) groups is 1. The standard InChI is InChI=1S/C15H28O2/c1-5-6-9-15(13(16)17)10-7-12(8-11-15)14(2,3)4/h12H,5-11H2,1-4H3,(H,16,17). The minimum absolute atomic E-state index is 0.329. The molecular weight excluding hydrogens is 212 g/mol. The second-order valence-corrected chi connectivity index (χ2v) is 6.83. The van der Waals surface area contributed by atoms with Crippen molar-refractivity contribution in [3.63, 3.8) is 0 Å². The Morgan fingerprint density at radius 3 is 2.18 bits per heavy atom. The summed E-state index contributed by atoms with van der Waals surface area (Å²) in [6.45, 7) is 8.96. The highest BCUT2D eigenvalue weighted by molar-refractivity contribution is 5.74. The van der Waals surface area contributed by atoms with E-state index >= 15 is 0 Å². The van der Waals surface area contributed by atoms with Crippen molar-refractivity contribution in [3.8, 4) is 0 Å². The molecule has 0 saturated heterocycles. The molecule has 1 rings (SSSR count). The van der Waals surface area contributed by atoms with E-state index in [4.69, 9.17) is 0 Å². The molecule has 0 spiro atoms. The lowest BCUT2D eigenvalue weighted by atomic mass is 9.62. The van der Waals surface area contributed by atoms with Crippen LogP contribution in [-0.4, -0.2) is 11.1 Å². The Hall–Kier alpha value is -0.530. The Balaban J connectivity index is 2.64. The van der Waals surface area contributed by atoms with Gasteiger partial charge in [0.25, 0.3) is 0 Å². The maximum absolute atomic E-state index is 11.5. The normalized spacial score (nSPS) is 30.2. The van der Waals surface area contributed by atoms with Gasteiger partial charge in [0.1, 0.15) is 0 Å². The van der Waals surface area contributed by atoms with Crippen LogP contribution >= 0.6 is 0 Å². The molecule has 0 amide bonds. The number of hydrogen-bond acceptors (Lipinski definition) is 1. The highest BCUT2D eigenvalue weighted by atomic mass is 16.4. The topological polar surface area (TPSA) is 37.3 Å². The summed E-state index contributed by atoms with van der Waals surface area (Å²) >= 11 is 0. The Kier molecular flexibility index (Phi) is 4.62. The van der Waals surface area contributed by atoms with Gasteiger partial charge in [-0.25, -0.2) is 0 Å². The summed E-state index contributed by atoms with van der Waals surface area (Å²) in [5.74, 6) is 0.134. The number of aliphatic carboxylic acids is 1. The molecule has 2 nitrogen and oxygen atoms in total. The fourth-order valence-corrected chi connectivity index (χ4v) is 3.12. The first kappa shape index (κ1) is 14.5. The van der Waals surface area contributed by atoms with Gasteiger partial charge in [0, 0.05) is 0 Å². The summed E-state index contributed by atoms with van der Waals surface area (Å²) in [6, 6.07) is 0. The van der Waals surface area contributed by atoms with Gasteiger partial charge >= 0.3 is 5.97 Å². The molecule has 0 aromatic rings. The van der Waals surface area contributed by atoms with Crippen LogP contribution < -0.4 is 0 Å². The van der Waals surface area contributed by atoms with Crippen LogP contribution in [0.3, 0.4) is 0 Å². The predicted octanol–water partition coefficient (Wildman–Crippen LogP) is 4.48. The monoisotopic (exact) mass is 240 g/mol. The van der Waals surface area contributed by atoms with Gasteiger partial charge in [-0.15, -0.1) is 0 Å². The van der Waals surface area contributed by atoms with Crippen molar-refractivity contribution in [2.75, 3.05) is 0 Å². The number of unbranched alkanes of at least 4 members (excludes halogenated alkanes) is 1. The first-order valence-electron chi connectivity index (χ1n) is 7.05. The summed E-state index contributed by atoms with van der Waals surface area (Å²) in [7, 11) is 0. The third kappa shape index (κ3) is 3.46. The maximum Gasteiger partial charge on any atom is 0.309 e. The molecule has 2 heteroatoms. The molecule has 1 fully saturated rings. The molecule has 0 unspecified atom stereocenters. The van der Waals surface area contributed by atoms with E-state index < -0.39 is 11.4 Å². The second kappa shape index (κ2) is 5.41. The van der Waals surface area contributed by atoms with Gasteiger partial charge in [0.05, 0.1) is 5.41 Å². The van der Waals surface area contributed by atoms with E-state index in [-0.39, 0.29) is 0 Å². The zero-order valence-corrected chi connectivity index (χ0v) is 11.9. The van der Waals surface area contributed by atoms with Crippen LogP contribution in [0.15, 0.2) is 0 Å². The molecule has 1 aliphatic carbocycles. The molecule has 1 N–H and O–H groups in total. The van der Waals surface area contributed by atoms with Crippen molar-refractivity contribution in [2.24, 2.45) is 16.7 Å². The molecular formula is C15H28O2. The molecule has 0 aromatic heterocycles. The van der Waals surface area contributed by atoms with Crippen LogP contribution in [-0.2, 0) is 4.79 Å². The van der Waals surface area contributed by atoms with Crippen LogP contribution in [0, 0.1) is 16.7 Å². The molecule has 17 heavy (non-hydrogen) atoms. The number of carboxylic acid groups (broad SMARTS) is 1. The quantitative estimate of drug-likeness (QED) is 0.786. The molecule has 1 aliphatic rings. The largest absolute Gasteiger partial charge is 0.481 e. The third-order valence-corrected chi connectivity index (χ3v) is 4.63. The minimum atomic E-state index is -0.557. The van der Waals surface area contributed by atoms with Gasteiger partial charge in [-0.05, 0) is 43.4 Å². The lowest BCUT2D eigenvalue weighted by Crippen LogP contribution is -2.38. The fourth-order valence-electron chi connectivity index (χ4n) is 3.12. The smallest absolute Gasteiger partial charge is 0.309 e. The van der Waals surface area contributed by atoms with E-state index in [1.165, 1.54) is 0 Å². The summed E-state index contributed by atoms with van der Waals surface area (Å²) < 4.78 is 0. The second-order valence-electron chi connectivity index (χ2n) is 6.83. The average molecular weight is 240 g/mol. The number of carboxylic acids is 1. The Bertz CT molecular complexity index is 255. The molecule has 0 aromatic carbocycles. The van der Waals surface area contributed by atoms with Gasteiger partial charge in [0.2, 0.25) is 0 Å². The summed E-state index contributed by atoms with van der Waals surface area (Å²) in [5.41, 5.74) is -0.0762. The van der Waals surface area contributed by atoms with Gasteiger partial charge in [-0.3, -0.25) is 4.79 Å². The fraction of sp³-hybridized carbons (Fsp3) is 0.933. The highest BCUT2D eigenvalue weighted by Gasteiger charge is 2.43. The van der Waals surface area contributed by atoms with Crippen molar-refractivity contribution in [2.45, 2.75) is 72.6 Å². The van der Waals surface area contributed by atoms with E-state index in [1.54, 1.807) is 0 Å². The van der Waals surface area contributed by atoms with Crippen LogP contribution in [0.1, 0.15) is 72.6 Å². The third-order valence-electron chi connectivity index (χ3n) is 4.63. The summed E-state index contributed by atoms with van der Waals surface area (Å²) in [6.07, 6.45) is 6.94. The lowest BCUT2D eigenvalue weighted by Gasteiger charge is -2.42. The van der Waals surface area contributed by atoms with Crippen LogP contribution in [0.4, 0.5) is 0 Å². The number of hydrogen-bond donors (Lipinski definition) is 1. The van der Waals surface area contributed by atoms with Crippen molar-refractivity contribution >= 4 is 5.97 Å². The van der Waals surface area contributed by atoms with Crippen LogP contribution in [0.5, 0.6) is 0 Å². The molecule has 0 radical (unpaired) electrons. The molecule has 0 atom stereocenters. The first-order valence-corrected chi connectivity index (χ1v) is 7.05. The van der Waals surface area contributed by atoms with Gasteiger partial charge in [0.15, 0.2) is 0 Å². The van der Waals surface area contributed by atoms with Gasteiger partial charge in [-0.2, -0.15) is 0 Å². The van der Waals surface area contributed by atoms with Crippen molar-refractivity contribution < 1.29 is 9.90 Å². The van der Waals surface area contributed by atoms with E-state index in [9.17, 15) is 9.90 Å². The maximum atomic E-state index is 11.5. The molecule has 0 heterocycles. The van der Waals surface area contributed by atoms with E-state index in [1.807, 2.05) is 0 Å². The lowest BCUT2D eigenvalue weighted by molar-refractivity contribution is -0.153. The Morgan fingerprint density at radius 2 is 1.82 bits per heavy atom. The van der Waals surface area contributed by atoms with Crippen molar-refractivity contribution in [3.05, 3.63) is 0 Å². The SMILES string of the molecule is CCCCC1(C(=O)O)CCC(C(C)(C)C)CC1. The zero-order valence-electron chi connectivity index (χ0n) is 11.9. The zero-order chi connectivity index (χ0) is 13.1. The van der Waals surface area contributed by atoms with Crippen molar-refractivity contribution in [1.29, 1.82) is 0 Å². The molecule has 0 aliphatic heterocycles. The van der Waals surface area contributed by atoms with Crippen molar-refractivity contribution in [1.82, 2.24) is 0 Å². The van der Waals surface area contributed by atoms with Gasteiger partial charge < -0.3 is 5.11 Å². The van der Waals surface area contributed by atoms with E-state index in [0.717, 1.165) is 44.9 Å². The molecule has 100 valence electrons. The first-order chi connectivity index (χ1) is 7.82.